The van der Waals surface area contributed by atoms with Gasteiger partial charge >= 0.3 is 30.8 Å². The van der Waals surface area contributed by atoms with Gasteiger partial charge < -0.3 is 19.7 Å². The molecule has 0 atom stereocenters. The van der Waals surface area contributed by atoms with Crippen molar-refractivity contribution in [2.75, 3.05) is 23.9 Å². The Bertz CT molecular complexity index is 1680. The summed E-state index contributed by atoms with van der Waals surface area (Å²) in [5.74, 6) is -6.12. The van der Waals surface area contributed by atoms with E-state index < -0.39 is 92.4 Å². The van der Waals surface area contributed by atoms with Crippen molar-refractivity contribution >= 4 is 39.1 Å². The van der Waals surface area contributed by atoms with Crippen LogP contribution in [-0.4, -0.2) is 44.4 Å². The number of carbonyl (C=O) groups excluding carboxylic acids is 2. The summed E-state index contributed by atoms with van der Waals surface area (Å²) < 4.78 is 184. The fourth-order valence-corrected chi connectivity index (χ4v) is 4.87. The summed E-state index contributed by atoms with van der Waals surface area (Å²) in [5, 5.41) is 1.91. The zero-order chi connectivity index (χ0) is 36.6. The molecule has 3 aromatic rings. The number of rotatable bonds is 9. The Hall–Kier alpha value is -4.23. The van der Waals surface area contributed by atoms with Gasteiger partial charge in [0.25, 0.3) is 11.8 Å². The molecule has 0 aliphatic carbocycles. The number of anilines is 2. The summed E-state index contributed by atoms with van der Waals surface area (Å²) in [7, 11) is 0.948. The maximum atomic E-state index is 14.7. The van der Waals surface area contributed by atoms with E-state index in [1.165, 1.54) is 6.92 Å². The second-order valence-electron chi connectivity index (χ2n) is 9.42. The first-order valence-corrected chi connectivity index (χ1v) is 13.6. The molecule has 0 aliphatic heterocycles. The van der Waals surface area contributed by atoms with Crippen molar-refractivity contribution in [3.63, 3.8) is 0 Å². The molecule has 2 amide bonds. The number of amides is 2. The zero-order valence-corrected chi connectivity index (χ0v) is 25.4. The van der Waals surface area contributed by atoms with Crippen LogP contribution in [0.1, 0.15) is 38.8 Å². The van der Waals surface area contributed by atoms with Gasteiger partial charge in [-0.2, -0.15) is 48.3 Å². The van der Waals surface area contributed by atoms with Gasteiger partial charge in [-0.05, 0) is 65.3 Å². The summed E-state index contributed by atoms with van der Waals surface area (Å²) in [6, 6.07) is 3.81. The Balaban J connectivity index is 2.13. The number of halogens is 14. The van der Waals surface area contributed by atoms with Crippen LogP contribution in [0.5, 0.6) is 11.5 Å². The fourth-order valence-electron chi connectivity index (χ4n) is 4.32. The Morgan fingerprint density at radius 3 is 1.98 bits per heavy atom. The molecular formula is C28H18BrF13N2O4. The SMILES string of the molecule is CCN(C(=O)c1cc(C(F)(F)F)ccc1F)c1cccc(C(=O)Nc2c(Br)cc(C(F)(C(F)(F)F)C(F)(F)F)cc2OC(F)F)c1OC. The highest BCUT2D eigenvalue weighted by Gasteiger charge is 2.73. The summed E-state index contributed by atoms with van der Waals surface area (Å²) in [6.45, 7) is -2.96. The van der Waals surface area contributed by atoms with E-state index in [0.29, 0.717) is 17.0 Å². The van der Waals surface area contributed by atoms with E-state index >= 15 is 0 Å². The smallest absolute Gasteiger partial charge is 0.435 e. The third-order valence-electron chi connectivity index (χ3n) is 6.51. The van der Waals surface area contributed by atoms with Crippen LogP contribution in [0.25, 0.3) is 0 Å². The first-order valence-electron chi connectivity index (χ1n) is 12.8. The molecule has 3 rings (SSSR count). The van der Waals surface area contributed by atoms with Crippen LogP contribution in [0, 0.1) is 5.82 Å². The number of carbonyl (C=O) groups is 2. The molecule has 0 fully saturated rings. The van der Waals surface area contributed by atoms with Gasteiger partial charge in [-0.3, -0.25) is 9.59 Å². The molecule has 0 saturated carbocycles. The number of nitrogens with zero attached hydrogens (tertiary/aromatic N) is 1. The highest BCUT2D eigenvalue weighted by Crippen LogP contribution is 2.55. The summed E-state index contributed by atoms with van der Waals surface area (Å²) in [6.07, 6.45) is -18.2. The topological polar surface area (TPSA) is 67.9 Å². The normalized spacial score (nSPS) is 12.6. The number of hydrogen-bond acceptors (Lipinski definition) is 4. The number of nitrogens with one attached hydrogen (secondary N) is 1. The molecule has 0 saturated heterocycles. The third kappa shape index (κ3) is 7.41. The Morgan fingerprint density at radius 2 is 1.48 bits per heavy atom. The van der Waals surface area contributed by atoms with Gasteiger partial charge in [-0.1, -0.05) is 6.07 Å². The van der Waals surface area contributed by atoms with Crippen LogP contribution in [-0.2, 0) is 11.8 Å². The fraction of sp³-hybridized carbons (Fsp3) is 0.286. The van der Waals surface area contributed by atoms with E-state index in [0.717, 1.165) is 25.3 Å². The van der Waals surface area contributed by atoms with Crippen LogP contribution in [0.4, 0.5) is 68.5 Å². The lowest BCUT2D eigenvalue weighted by Crippen LogP contribution is -2.50. The molecule has 0 aromatic heterocycles. The minimum atomic E-state index is -6.63. The molecule has 48 heavy (non-hydrogen) atoms. The molecule has 0 spiro atoms. The van der Waals surface area contributed by atoms with Crippen molar-refractivity contribution in [1.29, 1.82) is 0 Å². The average molecular weight is 773 g/mol. The minimum absolute atomic E-state index is 0.0797. The molecule has 1 N–H and O–H groups in total. The molecule has 0 unspecified atom stereocenters. The standard InChI is InChI=1S/C28H18BrF13N2O4/c1-3-44(23(46)15-9-12(26(34,35)36)7-8-17(15)30)18-6-4-5-14(21(18)47-2)22(45)43-20-16(29)10-13(11-19(20)48-24(31)32)25(33,27(37,38)39)28(40,41)42/h4-11,24H,3H2,1-2H3,(H,43,45). The second-order valence-corrected chi connectivity index (χ2v) is 10.3. The van der Waals surface area contributed by atoms with Gasteiger partial charge in [0.1, 0.15) is 5.82 Å². The summed E-state index contributed by atoms with van der Waals surface area (Å²) in [5.41, 5.74) is -12.6. The Kier molecular flexibility index (Phi) is 10.9. The Morgan fingerprint density at radius 1 is 0.875 bits per heavy atom. The molecule has 6 nitrogen and oxygen atoms in total. The molecule has 0 bridgehead atoms. The van der Waals surface area contributed by atoms with Crippen molar-refractivity contribution in [2.45, 2.75) is 37.7 Å². The number of methoxy groups -OCH3 is 1. The van der Waals surface area contributed by atoms with Gasteiger partial charge in [0.15, 0.2) is 11.5 Å². The first kappa shape index (κ1) is 38.2. The van der Waals surface area contributed by atoms with Crippen molar-refractivity contribution in [3.8, 4) is 11.5 Å². The molecule has 0 aliphatic rings. The monoisotopic (exact) mass is 772 g/mol. The number of para-hydroxylation sites is 1. The van der Waals surface area contributed by atoms with Gasteiger partial charge in [0.2, 0.25) is 0 Å². The molecule has 0 heterocycles. The molecule has 262 valence electrons. The van der Waals surface area contributed by atoms with Crippen molar-refractivity contribution < 1.29 is 76.1 Å². The predicted molar refractivity (Wildman–Crippen MR) is 145 cm³/mol. The predicted octanol–water partition coefficient (Wildman–Crippen LogP) is 9.43. The number of benzene rings is 3. The van der Waals surface area contributed by atoms with Crippen molar-refractivity contribution in [2.24, 2.45) is 0 Å². The van der Waals surface area contributed by atoms with Gasteiger partial charge in [0.05, 0.1) is 35.2 Å². The van der Waals surface area contributed by atoms with Crippen LogP contribution in [0.3, 0.4) is 0 Å². The van der Waals surface area contributed by atoms with Crippen LogP contribution in [0.2, 0.25) is 0 Å². The van der Waals surface area contributed by atoms with E-state index in [1.54, 1.807) is 0 Å². The zero-order valence-electron chi connectivity index (χ0n) is 23.8. The van der Waals surface area contributed by atoms with E-state index in [4.69, 9.17) is 4.74 Å². The largest absolute Gasteiger partial charge is 0.494 e. The van der Waals surface area contributed by atoms with Gasteiger partial charge in [-0.15, -0.1) is 0 Å². The molecule has 0 radical (unpaired) electrons. The minimum Gasteiger partial charge on any atom is -0.494 e. The highest BCUT2D eigenvalue weighted by atomic mass is 79.9. The van der Waals surface area contributed by atoms with Crippen LogP contribution >= 0.6 is 15.9 Å². The molecule has 20 heteroatoms. The van der Waals surface area contributed by atoms with E-state index in [9.17, 15) is 66.7 Å². The number of alkyl halides is 12. The van der Waals surface area contributed by atoms with E-state index in [1.807, 2.05) is 5.32 Å². The molecular weight excluding hydrogens is 755 g/mol. The average Bonchev–Trinajstić information content (AvgIpc) is 2.96. The van der Waals surface area contributed by atoms with Gasteiger partial charge in [0, 0.05) is 16.6 Å². The van der Waals surface area contributed by atoms with Crippen molar-refractivity contribution in [1.82, 2.24) is 0 Å². The molecule has 3 aromatic carbocycles. The first-order chi connectivity index (χ1) is 22.0. The quantitative estimate of drug-likeness (QED) is 0.220. The third-order valence-corrected chi connectivity index (χ3v) is 7.13. The van der Waals surface area contributed by atoms with Crippen LogP contribution in [0.15, 0.2) is 53.0 Å². The lowest BCUT2D eigenvalue weighted by molar-refractivity contribution is -0.348. The van der Waals surface area contributed by atoms with Crippen LogP contribution < -0.4 is 19.7 Å². The second kappa shape index (κ2) is 13.7. The highest BCUT2D eigenvalue weighted by molar-refractivity contribution is 9.10. The summed E-state index contributed by atoms with van der Waals surface area (Å²) >= 11 is 2.53. The van der Waals surface area contributed by atoms with Crippen molar-refractivity contribution in [3.05, 3.63) is 81.1 Å². The number of ether oxygens (including phenoxy) is 2. The van der Waals surface area contributed by atoms with E-state index in [2.05, 4.69) is 20.7 Å². The summed E-state index contributed by atoms with van der Waals surface area (Å²) in [4.78, 5) is 27.3. The lowest BCUT2D eigenvalue weighted by atomic mass is 9.93. The lowest BCUT2D eigenvalue weighted by Gasteiger charge is -2.31. The maximum absolute atomic E-state index is 14.7. The van der Waals surface area contributed by atoms with E-state index in [-0.39, 0.29) is 30.4 Å². The van der Waals surface area contributed by atoms with Gasteiger partial charge in [-0.25, -0.2) is 8.78 Å². The number of hydrogen-bond donors (Lipinski definition) is 1. The maximum Gasteiger partial charge on any atom is 0.435 e. The Labute approximate surface area is 269 Å².